The molecule has 0 unspecified atom stereocenters. The van der Waals surface area contributed by atoms with E-state index in [1.54, 1.807) is 36.1 Å². The zero-order chi connectivity index (χ0) is 22.0. The molecule has 0 bridgehead atoms. The summed E-state index contributed by atoms with van der Waals surface area (Å²) in [5.41, 5.74) is 0.221. The Balaban J connectivity index is 1.47. The maximum atomic E-state index is 13.2. The van der Waals surface area contributed by atoms with E-state index < -0.39 is 11.7 Å². The minimum atomic E-state index is -4.43. The fourth-order valence-electron chi connectivity index (χ4n) is 3.57. The molecule has 1 aliphatic rings. The number of halogens is 3. The molecule has 10 heteroatoms. The molecule has 3 heterocycles. The van der Waals surface area contributed by atoms with Crippen LogP contribution in [0.15, 0.2) is 47.1 Å². The van der Waals surface area contributed by atoms with Gasteiger partial charge in [0.2, 0.25) is 0 Å². The van der Waals surface area contributed by atoms with Crippen LogP contribution in [0.5, 0.6) is 0 Å². The number of alkyl halides is 3. The lowest BCUT2D eigenvalue weighted by atomic mass is 10.0. The summed E-state index contributed by atoms with van der Waals surface area (Å²) in [7, 11) is 0. The van der Waals surface area contributed by atoms with Gasteiger partial charge < -0.3 is 14.7 Å². The summed E-state index contributed by atoms with van der Waals surface area (Å²) in [5, 5.41) is 6.92. The lowest BCUT2D eigenvalue weighted by Gasteiger charge is -2.33. The van der Waals surface area contributed by atoms with Gasteiger partial charge in [-0.05, 0) is 44.0 Å². The Hall–Kier alpha value is -3.43. The van der Waals surface area contributed by atoms with Crippen LogP contribution in [0.25, 0.3) is 11.5 Å². The predicted octanol–water partition coefficient (Wildman–Crippen LogP) is 4.18. The molecule has 0 spiro atoms. The highest BCUT2D eigenvalue weighted by Gasteiger charge is 2.31. The minimum Gasteiger partial charge on any atom is -0.366 e. The number of aryl methyl sites for hydroxylation is 1. The van der Waals surface area contributed by atoms with Crippen molar-refractivity contribution >= 4 is 11.7 Å². The van der Waals surface area contributed by atoms with Crippen molar-refractivity contribution in [2.24, 2.45) is 0 Å². The first-order valence-corrected chi connectivity index (χ1v) is 9.80. The zero-order valence-electron chi connectivity index (χ0n) is 16.7. The van der Waals surface area contributed by atoms with E-state index >= 15 is 0 Å². The van der Waals surface area contributed by atoms with Crippen molar-refractivity contribution in [3.63, 3.8) is 0 Å². The smallest absolute Gasteiger partial charge is 0.366 e. The van der Waals surface area contributed by atoms with E-state index in [0.717, 1.165) is 25.1 Å². The van der Waals surface area contributed by atoms with Crippen molar-refractivity contribution in [2.45, 2.75) is 32.0 Å². The molecule has 3 aromatic rings. The number of amides is 1. The SMILES string of the molecule is Cc1noc(-c2ccccc2C(=O)N2CCC[C@@H](Nc3ccc(C(F)(F)F)cn3)C2)n1. The number of rotatable bonds is 4. The molecule has 1 saturated heterocycles. The van der Waals surface area contributed by atoms with Gasteiger partial charge in [-0.2, -0.15) is 18.2 Å². The standard InChI is InChI=1S/C21H20F3N5O2/c1-13-26-19(31-28-13)16-6-2-3-7-17(16)20(30)29-10-4-5-15(12-29)27-18-9-8-14(11-25-18)21(22,23)24/h2-3,6-9,11,15H,4-5,10,12H2,1H3,(H,25,27)/t15-/m1/s1. The Labute approximate surface area is 176 Å². The van der Waals surface area contributed by atoms with Gasteiger partial charge in [0.25, 0.3) is 11.8 Å². The molecule has 1 N–H and O–H groups in total. The molecular formula is C21H20F3N5O2. The zero-order valence-corrected chi connectivity index (χ0v) is 16.7. The number of anilines is 1. The topological polar surface area (TPSA) is 84.2 Å². The Kier molecular flexibility index (Phi) is 5.62. The first-order valence-electron chi connectivity index (χ1n) is 9.80. The number of pyridine rings is 1. The number of nitrogens with one attached hydrogen (secondary N) is 1. The summed E-state index contributed by atoms with van der Waals surface area (Å²) >= 11 is 0. The summed E-state index contributed by atoms with van der Waals surface area (Å²) in [4.78, 5) is 23.0. The minimum absolute atomic E-state index is 0.125. The summed E-state index contributed by atoms with van der Waals surface area (Å²) in [6, 6.07) is 9.20. The quantitative estimate of drug-likeness (QED) is 0.667. The molecule has 1 atom stereocenters. The van der Waals surface area contributed by atoms with E-state index in [1.807, 2.05) is 0 Å². The molecule has 31 heavy (non-hydrogen) atoms. The van der Waals surface area contributed by atoms with E-state index in [4.69, 9.17) is 4.52 Å². The van der Waals surface area contributed by atoms with Crippen LogP contribution in [-0.4, -0.2) is 45.1 Å². The molecule has 0 radical (unpaired) electrons. The van der Waals surface area contributed by atoms with Crippen molar-refractivity contribution in [3.8, 4) is 11.5 Å². The highest BCUT2D eigenvalue weighted by Crippen LogP contribution is 2.29. The number of hydrogen-bond acceptors (Lipinski definition) is 6. The van der Waals surface area contributed by atoms with Gasteiger partial charge in [0.15, 0.2) is 5.82 Å². The molecule has 1 amide bonds. The average Bonchev–Trinajstić information content (AvgIpc) is 3.19. The van der Waals surface area contributed by atoms with Crippen LogP contribution in [0.4, 0.5) is 19.0 Å². The van der Waals surface area contributed by atoms with Crippen molar-refractivity contribution in [1.29, 1.82) is 0 Å². The molecular weight excluding hydrogens is 411 g/mol. The second-order valence-corrected chi connectivity index (χ2v) is 7.36. The van der Waals surface area contributed by atoms with Crippen LogP contribution in [0.3, 0.4) is 0 Å². The second-order valence-electron chi connectivity index (χ2n) is 7.36. The Morgan fingerprint density at radius 1 is 1.23 bits per heavy atom. The van der Waals surface area contributed by atoms with E-state index in [0.29, 0.717) is 35.9 Å². The Morgan fingerprint density at radius 3 is 2.71 bits per heavy atom. The number of nitrogens with zero attached hydrogens (tertiary/aromatic N) is 4. The third-order valence-electron chi connectivity index (χ3n) is 5.07. The van der Waals surface area contributed by atoms with Gasteiger partial charge in [0.05, 0.1) is 16.7 Å². The van der Waals surface area contributed by atoms with Gasteiger partial charge >= 0.3 is 6.18 Å². The number of carbonyl (C=O) groups is 1. The van der Waals surface area contributed by atoms with Crippen LogP contribution in [0.2, 0.25) is 0 Å². The molecule has 162 valence electrons. The monoisotopic (exact) mass is 431 g/mol. The summed E-state index contributed by atoms with van der Waals surface area (Å²) in [5.74, 6) is 0.929. The third kappa shape index (κ3) is 4.68. The molecule has 7 nitrogen and oxygen atoms in total. The average molecular weight is 431 g/mol. The molecule has 1 aliphatic heterocycles. The van der Waals surface area contributed by atoms with Gasteiger partial charge in [-0.25, -0.2) is 4.98 Å². The normalized spacial score (nSPS) is 16.9. The van der Waals surface area contributed by atoms with Crippen LogP contribution in [-0.2, 0) is 6.18 Å². The fourth-order valence-corrected chi connectivity index (χ4v) is 3.57. The van der Waals surface area contributed by atoms with Crippen molar-refractivity contribution < 1.29 is 22.5 Å². The van der Waals surface area contributed by atoms with Crippen LogP contribution in [0.1, 0.15) is 34.6 Å². The summed E-state index contributed by atoms with van der Waals surface area (Å²) < 4.78 is 43.4. The molecule has 4 rings (SSSR count). The van der Waals surface area contributed by atoms with Crippen LogP contribution >= 0.6 is 0 Å². The van der Waals surface area contributed by atoms with Gasteiger partial charge in [0.1, 0.15) is 5.82 Å². The number of likely N-dealkylation sites (tertiary alicyclic amines) is 1. The van der Waals surface area contributed by atoms with Gasteiger partial charge in [0, 0.05) is 25.3 Å². The Bertz CT molecular complexity index is 1070. The number of hydrogen-bond donors (Lipinski definition) is 1. The highest BCUT2D eigenvalue weighted by molar-refractivity contribution is 6.00. The first-order chi connectivity index (χ1) is 14.8. The maximum absolute atomic E-state index is 13.2. The molecule has 2 aromatic heterocycles. The number of carbonyl (C=O) groups excluding carboxylic acids is 1. The number of piperidine rings is 1. The van der Waals surface area contributed by atoms with E-state index in [1.165, 1.54) is 6.07 Å². The van der Waals surface area contributed by atoms with Gasteiger partial charge in [-0.15, -0.1) is 0 Å². The lowest BCUT2D eigenvalue weighted by Crippen LogP contribution is -2.45. The summed E-state index contributed by atoms with van der Waals surface area (Å²) in [6.07, 6.45) is -2.09. The molecule has 0 aliphatic carbocycles. The molecule has 0 saturated carbocycles. The van der Waals surface area contributed by atoms with E-state index in [2.05, 4.69) is 20.4 Å². The van der Waals surface area contributed by atoms with Crippen molar-refractivity contribution in [2.75, 3.05) is 18.4 Å². The van der Waals surface area contributed by atoms with Crippen LogP contribution < -0.4 is 5.32 Å². The van der Waals surface area contributed by atoms with E-state index in [-0.39, 0.29) is 17.8 Å². The lowest BCUT2D eigenvalue weighted by molar-refractivity contribution is -0.137. The van der Waals surface area contributed by atoms with Crippen LogP contribution in [0, 0.1) is 6.92 Å². The van der Waals surface area contributed by atoms with Crippen molar-refractivity contribution in [3.05, 3.63) is 59.5 Å². The number of benzene rings is 1. The largest absolute Gasteiger partial charge is 0.417 e. The number of aromatic nitrogens is 3. The molecule has 1 fully saturated rings. The fraction of sp³-hybridized carbons (Fsp3) is 0.333. The molecule has 1 aromatic carbocycles. The van der Waals surface area contributed by atoms with Crippen molar-refractivity contribution in [1.82, 2.24) is 20.0 Å². The Morgan fingerprint density at radius 2 is 2.03 bits per heavy atom. The summed E-state index contributed by atoms with van der Waals surface area (Å²) in [6.45, 7) is 2.68. The highest BCUT2D eigenvalue weighted by atomic mass is 19.4. The maximum Gasteiger partial charge on any atom is 0.417 e. The first kappa shape index (κ1) is 20.8. The second kappa shape index (κ2) is 8.37. The predicted molar refractivity (Wildman–Crippen MR) is 106 cm³/mol. The van der Waals surface area contributed by atoms with Gasteiger partial charge in [-0.3, -0.25) is 4.79 Å². The third-order valence-corrected chi connectivity index (χ3v) is 5.07. The van der Waals surface area contributed by atoms with Gasteiger partial charge in [-0.1, -0.05) is 17.3 Å². The van der Waals surface area contributed by atoms with E-state index in [9.17, 15) is 18.0 Å².